The minimum Gasteiger partial charge on any atom is -0.493 e. The van der Waals surface area contributed by atoms with E-state index < -0.39 is 18.8 Å². The van der Waals surface area contributed by atoms with E-state index in [0.717, 1.165) is 0 Å². The van der Waals surface area contributed by atoms with Gasteiger partial charge in [0.2, 0.25) is 5.75 Å². The molecule has 0 saturated heterocycles. The van der Waals surface area contributed by atoms with Crippen molar-refractivity contribution in [1.29, 1.82) is 0 Å². The van der Waals surface area contributed by atoms with Crippen LogP contribution in [0.5, 0.6) is 17.2 Å². The highest BCUT2D eigenvalue weighted by Crippen LogP contribution is 2.37. The Morgan fingerprint density at radius 1 is 1.12 bits per heavy atom. The molecule has 1 aromatic carbocycles. The number of rotatable bonds is 6. The Morgan fingerprint density at radius 3 is 2.12 bits per heavy atom. The summed E-state index contributed by atoms with van der Waals surface area (Å²) < 4.78 is 20.8. The SMILES string of the molecule is COc1cc(CNC(=O)OC(C)(C)C)c(B(O)O)c(OC)c1OC. The van der Waals surface area contributed by atoms with Gasteiger partial charge in [0.1, 0.15) is 5.60 Å². The van der Waals surface area contributed by atoms with Gasteiger partial charge in [0.15, 0.2) is 11.5 Å². The normalized spacial score (nSPS) is 10.8. The van der Waals surface area contributed by atoms with E-state index in [9.17, 15) is 14.8 Å². The molecule has 0 radical (unpaired) electrons. The van der Waals surface area contributed by atoms with Gasteiger partial charge < -0.3 is 34.3 Å². The Labute approximate surface area is 141 Å². The topological polar surface area (TPSA) is 106 Å². The van der Waals surface area contributed by atoms with Crippen molar-refractivity contribution in [3.8, 4) is 17.2 Å². The van der Waals surface area contributed by atoms with Crippen LogP contribution in [0, 0.1) is 0 Å². The third-order valence-electron chi connectivity index (χ3n) is 3.03. The quantitative estimate of drug-likeness (QED) is 0.644. The third kappa shape index (κ3) is 4.94. The molecule has 0 aromatic heterocycles. The number of benzene rings is 1. The molecule has 0 aliphatic carbocycles. The Bertz CT molecular complexity index is 584. The van der Waals surface area contributed by atoms with Gasteiger partial charge in [0.05, 0.1) is 21.3 Å². The second kappa shape index (κ2) is 8.12. The van der Waals surface area contributed by atoms with Gasteiger partial charge in [0, 0.05) is 12.0 Å². The number of nitrogens with one attached hydrogen (secondary N) is 1. The molecule has 9 heteroatoms. The van der Waals surface area contributed by atoms with E-state index in [0.29, 0.717) is 11.3 Å². The minimum absolute atomic E-state index is 0.0153. The second-order valence-corrected chi connectivity index (χ2v) is 5.95. The Hall–Kier alpha value is -2.13. The summed E-state index contributed by atoms with van der Waals surface area (Å²) in [7, 11) is 2.40. The van der Waals surface area contributed by atoms with Crippen LogP contribution in [0.4, 0.5) is 4.79 Å². The van der Waals surface area contributed by atoms with Crippen LogP contribution >= 0.6 is 0 Å². The molecule has 1 aromatic rings. The molecule has 0 aliphatic rings. The van der Waals surface area contributed by atoms with Crippen LogP contribution < -0.4 is 25.0 Å². The first-order valence-corrected chi connectivity index (χ1v) is 7.29. The molecule has 0 fully saturated rings. The summed E-state index contributed by atoms with van der Waals surface area (Å²) >= 11 is 0. The van der Waals surface area contributed by atoms with E-state index in [2.05, 4.69) is 5.32 Å². The highest BCUT2D eigenvalue weighted by atomic mass is 16.6. The molecular weight excluding hydrogens is 317 g/mol. The molecular formula is C15H24BNO7. The molecule has 1 amide bonds. The number of amides is 1. The number of carbonyl (C=O) groups excluding carboxylic acids is 1. The fourth-order valence-electron chi connectivity index (χ4n) is 2.14. The average Bonchev–Trinajstić information content (AvgIpc) is 2.48. The molecule has 8 nitrogen and oxygen atoms in total. The Kier molecular flexibility index (Phi) is 6.74. The summed E-state index contributed by atoms with van der Waals surface area (Å²) in [5.41, 5.74) is -0.171. The van der Waals surface area contributed by atoms with Gasteiger partial charge in [-0.05, 0) is 32.4 Å². The monoisotopic (exact) mass is 341 g/mol. The number of hydrogen-bond donors (Lipinski definition) is 3. The van der Waals surface area contributed by atoms with Crippen molar-refractivity contribution in [2.24, 2.45) is 0 Å². The summed E-state index contributed by atoms with van der Waals surface area (Å²) in [6.45, 7) is 5.22. The first-order valence-electron chi connectivity index (χ1n) is 7.29. The molecule has 3 N–H and O–H groups in total. The zero-order valence-electron chi connectivity index (χ0n) is 14.8. The fourth-order valence-corrected chi connectivity index (χ4v) is 2.14. The van der Waals surface area contributed by atoms with E-state index in [1.807, 2.05) is 0 Å². The molecule has 0 heterocycles. The maximum absolute atomic E-state index is 11.8. The molecule has 0 atom stereocenters. The van der Waals surface area contributed by atoms with Crippen LogP contribution in [0.3, 0.4) is 0 Å². The number of ether oxygens (including phenoxy) is 4. The van der Waals surface area contributed by atoms with Crippen molar-refractivity contribution >= 4 is 18.7 Å². The number of carbonyl (C=O) groups is 1. The molecule has 0 unspecified atom stereocenters. The van der Waals surface area contributed by atoms with Crippen molar-refractivity contribution in [1.82, 2.24) is 5.32 Å². The van der Waals surface area contributed by atoms with Gasteiger partial charge in [0.25, 0.3) is 0 Å². The van der Waals surface area contributed by atoms with Gasteiger partial charge in [-0.3, -0.25) is 0 Å². The first-order chi connectivity index (χ1) is 11.1. The average molecular weight is 341 g/mol. The van der Waals surface area contributed by atoms with Crippen LogP contribution in [0.1, 0.15) is 26.3 Å². The van der Waals surface area contributed by atoms with Crippen LogP contribution in [-0.2, 0) is 11.3 Å². The fraction of sp³-hybridized carbons (Fsp3) is 0.533. The zero-order chi connectivity index (χ0) is 18.5. The maximum Gasteiger partial charge on any atom is 0.492 e. The maximum atomic E-state index is 11.8. The second-order valence-electron chi connectivity index (χ2n) is 5.95. The highest BCUT2D eigenvalue weighted by Gasteiger charge is 2.28. The van der Waals surface area contributed by atoms with Gasteiger partial charge >= 0.3 is 13.2 Å². The predicted molar refractivity (Wildman–Crippen MR) is 89.0 cm³/mol. The summed E-state index contributed by atoms with van der Waals surface area (Å²) in [6.07, 6.45) is -0.630. The van der Waals surface area contributed by atoms with Crippen LogP contribution in [0.25, 0.3) is 0 Å². The lowest BCUT2D eigenvalue weighted by Gasteiger charge is -2.21. The molecule has 0 spiro atoms. The van der Waals surface area contributed by atoms with Crippen LogP contribution in [-0.4, -0.2) is 50.2 Å². The summed E-state index contributed by atoms with van der Waals surface area (Å²) in [6, 6.07) is 1.54. The van der Waals surface area contributed by atoms with Crippen LogP contribution in [0.2, 0.25) is 0 Å². The molecule has 24 heavy (non-hydrogen) atoms. The van der Waals surface area contributed by atoms with Crippen LogP contribution in [0.15, 0.2) is 6.07 Å². The smallest absolute Gasteiger partial charge is 0.492 e. The van der Waals surface area contributed by atoms with E-state index in [1.165, 1.54) is 27.4 Å². The predicted octanol–water partition coefficient (Wildman–Crippen LogP) is 0.417. The summed E-state index contributed by atoms with van der Waals surface area (Å²) in [5, 5.41) is 21.9. The van der Waals surface area contributed by atoms with Crippen molar-refractivity contribution in [2.45, 2.75) is 32.9 Å². The Balaban J connectivity index is 3.19. The largest absolute Gasteiger partial charge is 0.493 e. The number of alkyl carbamates (subject to hydrolysis) is 1. The minimum atomic E-state index is -1.82. The van der Waals surface area contributed by atoms with E-state index in [-0.39, 0.29) is 23.5 Å². The molecule has 1 rings (SSSR count). The first kappa shape index (κ1) is 19.9. The van der Waals surface area contributed by atoms with E-state index in [4.69, 9.17) is 18.9 Å². The van der Waals surface area contributed by atoms with Crippen molar-refractivity contribution in [3.63, 3.8) is 0 Å². The highest BCUT2D eigenvalue weighted by molar-refractivity contribution is 6.60. The lowest BCUT2D eigenvalue weighted by molar-refractivity contribution is 0.0523. The standard InChI is InChI=1S/C15H24BNO7/c1-15(2,3)24-14(18)17-8-9-7-10(21-4)12(22-5)13(23-6)11(9)16(19)20/h7,19-20H,8H2,1-6H3,(H,17,18). The van der Waals surface area contributed by atoms with Crippen molar-refractivity contribution < 1.29 is 33.8 Å². The van der Waals surface area contributed by atoms with Gasteiger partial charge in [-0.2, -0.15) is 0 Å². The lowest BCUT2D eigenvalue weighted by atomic mass is 9.75. The van der Waals surface area contributed by atoms with E-state index in [1.54, 1.807) is 20.8 Å². The van der Waals surface area contributed by atoms with Crippen molar-refractivity contribution in [2.75, 3.05) is 21.3 Å². The van der Waals surface area contributed by atoms with Crippen molar-refractivity contribution in [3.05, 3.63) is 11.6 Å². The summed E-state index contributed by atoms with van der Waals surface area (Å²) in [4.78, 5) is 11.8. The van der Waals surface area contributed by atoms with Gasteiger partial charge in [-0.1, -0.05) is 0 Å². The van der Waals surface area contributed by atoms with Gasteiger partial charge in [-0.15, -0.1) is 0 Å². The Morgan fingerprint density at radius 2 is 1.71 bits per heavy atom. The molecule has 0 aliphatic heterocycles. The zero-order valence-corrected chi connectivity index (χ0v) is 14.8. The molecule has 134 valence electrons. The third-order valence-corrected chi connectivity index (χ3v) is 3.03. The number of methoxy groups -OCH3 is 3. The molecule has 0 saturated carbocycles. The lowest BCUT2D eigenvalue weighted by Crippen LogP contribution is -2.38. The number of hydrogen-bond acceptors (Lipinski definition) is 7. The van der Waals surface area contributed by atoms with E-state index >= 15 is 0 Å². The van der Waals surface area contributed by atoms with Gasteiger partial charge in [-0.25, -0.2) is 4.79 Å². The molecule has 0 bridgehead atoms. The summed E-state index contributed by atoms with van der Waals surface area (Å²) in [5.74, 6) is 0.677.